The number of urea groups is 1. The SMILES string of the molecule is NC(=O)N/N=C\[C@H](O)[C@H](O)[C@H](O)[C@H](O)CO. The van der Waals surface area contributed by atoms with Crippen LogP contribution in [0.4, 0.5) is 4.79 Å². The van der Waals surface area contributed by atoms with Gasteiger partial charge in [0.25, 0.3) is 0 Å². The number of hydrogen-bond acceptors (Lipinski definition) is 7. The van der Waals surface area contributed by atoms with Gasteiger partial charge in [0, 0.05) is 0 Å². The summed E-state index contributed by atoms with van der Waals surface area (Å²) in [4.78, 5) is 10.2. The molecule has 0 radical (unpaired) electrons. The molecule has 0 bridgehead atoms. The molecular formula is C7H15N3O6. The molecule has 2 amide bonds. The van der Waals surface area contributed by atoms with Gasteiger partial charge in [-0.1, -0.05) is 0 Å². The van der Waals surface area contributed by atoms with Crippen LogP contribution in [-0.2, 0) is 0 Å². The highest BCUT2D eigenvalue weighted by Gasteiger charge is 2.29. The lowest BCUT2D eigenvalue weighted by atomic mass is 10.0. The molecule has 94 valence electrons. The molecule has 0 aromatic rings. The predicted molar refractivity (Wildman–Crippen MR) is 52.3 cm³/mol. The first kappa shape index (κ1) is 14.7. The predicted octanol–water partition coefficient (Wildman–Crippen LogP) is -3.92. The van der Waals surface area contributed by atoms with Crippen LogP contribution in [0.25, 0.3) is 0 Å². The van der Waals surface area contributed by atoms with Gasteiger partial charge in [0.05, 0.1) is 12.8 Å². The van der Waals surface area contributed by atoms with E-state index >= 15 is 0 Å². The van der Waals surface area contributed by atoms with E-state index in [-0.39, 0.29) is 0 Å². The second-order valence-electron chi connectivity index (χ2n) is 2.98. The minimum atomic E-state index is -1.76. The van der Waals surface area contributed by atoms with Gasteiger partial charge in [-0.3, -0.25) is 0 Å². The third-order valence-electron chi connectivity index (χ3n) is 1.68. The molecule has 0 saturated heterocycles. The van der Waals surface area contributed by atoms with Crippen LogP contribution in [0.1, 0.15) is 0 Å². The van der Waals surface area contributed by atoms with E-state index in [2.05, 4.69) is 10.8 Å². The van der Waals surface area contributed by atoms with Gasteiger partial charge >= 0.3 is 6.03 Å². The van der Waals surface area contributed by atoms with E-state index in [0.29, 0.717) is 6.21 Å². The molecule has 0 aromatic carbocycles. The topological polar surface area (TPSA) is 169 Å². The van der Waals surface area contributed by atoms with Gasteiger partial charge in [0.2, 0.25) is 0 Å². The van der Waals surface area contributed by atoms with Crippen LogP contribution < -0.4 is 11.2 Å². The zero-order valence-electron chi connectivity index (χ0n) is 8.26. The average Bonchev–Trinajstić information content (AvgIpc) is 2.25. The van der Waals surface area contributed by atoms with Crippen molar-refractivity contribution in [1.82, 2.24) is 5.43 Å². The van der Waals surface area contributed by atoms with Crippen LogP contribution in [0, 0.1) is 0 Å². The first-order chi connectivity index (χ1) is 7.40. The Morgan fingerprint density at radius 1 is 1.31 bits per heavy atom. The van der Waals surface area contributed by atoms with Crippen molar-refractivity contribution in [3.63, 3.8) is 0 Å². The molecule has 0 fully saturated rings. The molecule has 9 heteroatoms. The Morgan fingerprint density at radius 2 is 1.88 bits per heavy atom. The second-order valence-corrected chi connectivity index (χ2v) is 2.98. The van der Waals surface area contributed by atoms with E-state index < -0.39 is 37.1 Å². The fourth-order valence-corrected chi connectivity index (χ4v) is 0.803. The lowest BCUT2D eigenvalue weighted by Gasteiger charge is -2.23. The van der Waals surface area contributed by atoms with Crippen LogP contribution in [0.2, 0.25) is 0 Å². The zero-order chi connectivity index (χ0) is 12.7. The Bertz CT molecular complexity index is 248. The highest BCUT2D eigenvalue weighted by atomic mass is 16.4. The summed E-state index contributed by atoms with van der Waals surface area (Å²) >= 11 is 0. The first-order valence-electron chi connectivity index (χ1n) is 4.32. The van der Waals surface area contributed by atoms with Gasteiger partial charge in [-0.25, -0.2) is 10.2 Å². The number of aliphatic hydroxyl groups is 5. The van der Waals surface area contributed by atoms with Gasteiger partial charge in [-0.2, -0.15) is 5.10 Å². The summed E-state index contributed by atoms with van der Waals surface area (Å²) in [6.45, 7) is -0.776. The van der Waals surface area contributed by atoms with E-state index in [0.717, 1.165) is 0 Å². The molecule has 0 aliphatic carbocycles. The van der Waals surface area contributed by atoms with E-state index in [1.807, 2.05) is 0 Å². The number of hydrazone groups is 1. The highest BCUT2D eigenvalue weighted by molar-refractivity contribution is 5.73. The third kappa shape index (κ3) is 5.00. The van der Waals surface area contributed by atoms with Gasteiger partial charge in [0.15, 0.2) is 0 Å². The van der Waals surface area contributed by atoms with Crippen molar-refractivity contribution < 1.29 is 30.3 Å². The maximum Gasteiger partial charge on any atom is 0.332 e. The summed E-state index contributed by atoms with van der Waals surface area (Å²) in [7, 11) is 0. The highest BCUT2D eigenvalue weighted by Crippen LogP contribution is 2.03. The average molecular weight is 237 g/mol. The number of aliphatic hydroxyl groups excluding tert-OH is 5. The van der Waals surface area contributed by atoms with Gasteiger partial charge in [-0.15, -0.1) is 0 Å². The number of amides is 2. The van der Waals surface area contributed by atoms with Crippen molar-refractivity contribution >= 4 is 12.2 Å². The van der Waals surface area contributed by atoms with Crippen molar-refractivity contribution in [3.8, 4) is 0 Å². The van der Waals surface area contributed by atoms with E-state index in [1.165, 1.54) is 0 Å². The van der Waals surface area contributed by atoms with E-state index in [4.69, 9.17) is 10.2 Å². The molecule has 9 nitrogen and oxygen atoms in total. The lowest BCUT2D eigenvalue weighted by molar-refractivity contribution is -0.0999. The van der Waals surface area contributed by atoms with Crippen molar-refractivity contribution in [1.29, 1.82) is 0 Å². The molecule has 8 N–H and O–H groups in total. The molecule has 4 atom stereocenters. The van der Waals surface area contributed by atoms with E-state index in [1.54, 1.807) is 5.43 Å². The number of hydrogen-bond donors (Lipinski definition) is 7. The number of rotatable bonds is 6. The summed E-state index contributed by atoms with van der Waals surface area (Å²) in [5.74, 6) is 0. The number of nitrogens with one attached hydrogen (secondary N) is 1. The molecule has 0 aliphatic rings. The summed E-state index contributed by atoms with van der Waals surface area (Å²) < 4.78 is 0. The van der Waals surface area contributed by atoms with Crippen LogP contribution in [0.15, 0.2) is 5.10 Å². The van der Waals surface area contributed by atoms with Crippen molar-refractivity contribution in [3.05, 3.63) is 0 Å². The quantitative estimate of drug-likeness (QED) is 0.184. The van der Waals surface area contributed by atoms with Crippen LogP contribution >= 0.6 is 0 Å². The first-order valence-corrected chi connectivity index (χ1v) is 4.32. The Kier molecular flexibility index (Phi) is 6.53. The van der Waals surface area contributed by atoms with Crippen molar-refractivity contribution in [2.24, 2.45) is 10.8 Å². The van der Waals surface area contributed by atoms with Gasteiger partial charge < -0.3 is 31.3 Å². The molecule has 0 heterocycles. The molecule has 0 aliphatic heterocycles. The zero-order valence-corrected chi connectivity index (χ0v) is 8.26. The number of carbonyl (C=O) groups is 1. The fourth-order valence-electron chi connectivity index (χ4n) is 0.803. The number of carbonyl (C=O) groups excluding carboxylic acids is 1. The number of primary amides is 1. The second kappa shape index (κ2) is 7.09. The minimum Gasteiger partial charge on any atom is -0.394 e. The summed E-state index contributed by atoms with van der Waals surface area (Å²) in [6.07, 6.45) is -6.03. The van der Waals surface area contributed by atoms with E-state index in [9.17, 15) is 20.1 Å². The third-order valence-corrected chi connectivity index (χ3v) is 1.68. The molecule has 16 heavy (non-hydrogen) atoms. The van der Waals surface area contributed by atoms with Crippen molar-refractivity contribution in [2.75, 3.05) is 6.61 Å². The molecule has 0 rings (SSSR count). The Balaban J connectivity index is 4.21. The fraction of sp³-hybridized carbons (Fsp3) is 0.714. The maximum absolute atomic E-state index is 10.2. The molecule has 0 unspecified atom stereocenters. The standard InChI is InChI=1S/C7H15N3O6/c8-7(16)10-9-1-3(12)5(14)6(15)4(13)2-11/h1,3-6,11-15H,2H2,(H3,8,10,16)/b9-1-/t3-,4+,5-,6+/m0/s1. The minimum absolute atomic E-state index is 0.711. The molecule has 0 spiro atoms. The number of nitrogens with two attached hydrogens (primary N) is 1. The van der Waals surface area contributed by atoms with Gasteiger partial charge in [0.1, 0.15) is 24.4 Å². The van der Waals surface area contributed by atoms with Crippen LogP contribution in [-0.4, -0.2) is 68.8 Å². The molecule has 0 aromatic heterocycles. The van der Waals surface area contributed by atoms with Gasteiger partial charge in [-0.05, 0) is 0 Å². The monoisotopic (exact) mass is 237 g/mol. The van der Waals surface area contributed by atoms with Crippen LogP contribution in [0.3, 0.4) is 0 Å². The molecular weight excluding hydrogens is 222 g/mol. The summed E-state index contributed by atoms with van der Waals surface area (Å²) in [6, 6.07) is -0.964. The van der Waals surface area contributed by atoms with Crippen LogP contribution in [0.5, 0.6) is 0 Å². The Labute approximate surface area is 90.8 Å². The Morgan fingerprint density at radius 3 is 2.31 bits per heavy atom. The number of nitrogens with zero attached hydrogens (tertiary/aromatic N) is 1. The summed E-state index contributed by atoms with van der Waals surface area (Å²) in [5, 5.41) is 48.2. The smallest absolute Gasteiger partial charge is 0.332 e. The lowest BCUT2D eigenvalue weighted by Crippen LogP contribution is -2.46. The maximum atomic E-state index is 10.2. The molecule has 0 saturated carbocycles. The Hall–Kier alpha value is -1.26. The normalized spacial score (nSPS) is 19.1. The van der Waals surface area contributed by atoms with Crippen molar-refractivity contribution in [2.45, 2.75) is 24.4 Å². The largest absolute Gasteiger partial charge is 0.394 e. The summed E-state index contributed by atoms with van der Waals surface area (Å²) in [5.41, 5.74) is 6.41.